The van der Waals surface area contributed by atoms with Gasteiger partial charge >= 0.3 is 0 Å². The van der Waals surface area contributed by atoms with E-state index in [1.54, 1.807) is 18.2 Å². The molecule has 24 heavy (non-hydrogen) atoms. The van der Waals surface area contributed by atoms with E-state index in [9.17, 15) is 8.42 Å². The van der Waals surface area contributed by atoms with Gasteiger partial charge < -0.3 is 8.83 Å². The van der Waals surface area contributed by atoms with Crippen molar-refractivity contribution in [3.8, 4) is 11.7 Å². The van der Waals surface area contributed by atoms with Gasteiger partial charge in [-0.2, -0.15) is 8.42 Å². The van der Waals surface area contributed by atoms with E-state index >= 15 is 0 Å². The summed E-state index contributed by atoms with van der Waals surface area (Å²) < 4.78 is 38.2. The Morgan fingerprint density at radius 3 is 2.71 bits per heavy atom. The lowest BCUT2D eigenvalue weighted by atomic mass is 10.2. The summed E-state index contributed by atoms with van der Waals surface area (Å²) in [6, 6.07) is 9.95. The summed E-state index contributed by atoms with van der Waals surface area (Å²) in [5, 5.41) is 7.67. The number of nitrogens with zero attached hydrogens (tertiary/aromatic N) is 2. The molecule has 0 spiro atoms. The van der Waals surface area contributed by atoms with E-state index in [1.165, 1.54) is 12.1 Å². The molecule has 3 aromatic rings. The molecule has 1 aromatic carbocycles. The van der Waals surface area contributed by atoms with Crippen molar-refractivity contribution < 1.29 is 17.3 Å². The molecule has 8 heteroatoms. The topological polar surface area (TPSA) is 98.2 Å². The molecule has 1 fully saturated rings. The second-order valence-electron chi connectivity index (χ2n) is 5.81. The standard InChI is InChI=1S/C16H15N3O4S/c1-10-3-2-4-12(9-10)19-24(20,21)14-8-7-13(22-14)16-18-17-15(23-16)11-5-6-11/h2-4,7-9,11,19H,5-6H2,1H3. The lowest BCUT2D eigenvalue weighted by Gasteiger charge is -2.06. The van der Waals surface area contributed by atoms with Crippen molar-refractivity contribution in [1.29, 1.82) is 0 Å². The highest BCUT2D eigenvalue weighted by Crippen LogP contribution is 2.40. The van der Waals surface area contributed by atoms with Crippen LogP contribution in [0.5, 0.6) is 0 Å². The maximum absolute atomic E-state index is 12.4. The molecule has 1 saturated carbocycles. The van der Waals surface area contributed by atoms with Crippen LogP contribution in [0.2, 0.25) is 0 Å². The molecule has 2 aromatic heterocycles. The van der Waals surface area contributed by atoms with Gasteiger partial charge in [-0.25, -0.2) is 0 Å². The summed E-state index contributed by atoms with van der Waals surface area (Å²) in [6.45, 7) is 1.88. The maximum atomic E-state index is 12.4. The van der Waals surface area contributed by atoms with Gasteiger partial charge in [0.2, 0.25) is 11.0 Å². The second-order valence-corrected chi connectivity index (χ2v) is 7.43. The average Bonchev–Trinajstić information content (AvgIpc) is 3.07. The van der Waals surface area contributed by atoms with E-state index in [2.05, 4.69) is 14.9 Å². The summed E-state index contributed by atoms with van der Waals surface area (Å²) >= 11 is 0. The van der Waals surface area contributed by atoms with Crippen LogP contribution in [-0.2, 0) is 10.0 Å². The quantitative estimate of drug-likeness (QED) is 0.762. The molecule has 124 valence electrons. The molecule has 0 radical (unpaired) electrons. The monoisotopic (exact) mass is 345 g/mol. The zero-order chi connectivity index (χ0) is 16.7. The predicted molar refractivity (Wildman–Crippen MR) is 86.0 cm³/mol. The van der Waals surface area contributed by atoms with Gasteiger partial charge in [-0.1, -0.05) is 12.1 Å². The molecule has 4 rings (SSSR count). The number of furan rings is 1. The van der Waals surface area contributed by atoms with Crippen molar-refractivity contribution in [2.75, 3.05) is 4.72 Å². The van der Waals surface area contributed by atoms with Crippen molar-refractivity contribution in [3.63, 3.8) is 0 Å². The first-order valence-corrected chi connectivity index (χ1v) is 9.03. The van der Waals surface area contributed by atoms with Gasteiger partial charge in [-0.05, 0) is 49.6 Å². The highest BCUT2D eigenvalue weighted by Gasteiger charge is 2.30. The van der Waals surface area contributed by atoms with E-state index in [0.717, 1.165) is 18.4 Å². The normalized spacial score (nSPS) is 14.7. The number of rotatable bonds is 5. The van der Waals surface area contributed by atoms with Crippen molar-refractivity contribution >= 4 is 15.7 Å². The van der Waals surface area contributed by atoms with Crippen molar-refractivity contribution in [1.82, 2.24) is 10.2 Å². The first-order valence-electron chi connectivity index (χ1n) is 7.54. The van der Waals surface area contributed by atoms with E-state index in [-0.39, 0.29) is 16.7 Å². The lowest BCUT2D eigenvalue weighted by Crippen LogP contribution is -2.12. The molecule has 2 heterocycles. The molecule has 0 saturated heterocycles. The van der Waals surface area contributed by atoms with Gasteiger partial charge in [0.1, 0.15) is 0 Å². The number of anilines is 1. The zero-order valence-corrected chi connectivity index (χ0v) is 13.7. The first kappa shape index (κ1) is 14.9. The minimum atomic E-state index is -3.82. The molecule has 0 bridgehead atoms. The third-order valence-corrected chi connectivity index (χ3v) is 4.95. The Morgan fingerprint density at radius 1 is 1.12 bits per heavy atom. The summed E-state index contributed by atoms with van der Waals surface area (Å²) in [4.78, 5) is 0. The third kappa shape index (κ3) is 2.92. The fourth-order valence-electron chi connectivity index (χ4n) is 2.32. The number of benzene rings is 1. The van der Waals surface area contributed by atoms with Crippen LogP contribution in [0.1, 0.15) is 30.2 Å². The van der Waals surface area contributed by atoms with Gasteiger partial charge in [0.25, 0.3) is 15.9 Å². The number of aryl methyl sites for hydroxylation is 1. The van der Waals surface area contributed by atoms with Gasteiger partial charge in [0, 0.05) is 11.6 Å². The molecule has 1 N–H and O–H groups in total. The smallest absolute Gasteiger partial charge is 0.295 e. The fraction of sp³-hybridized carbons (Fsp3) is 0.250. The van der Waals surface area contributed by atoms with Crippen LogP contribution in [0, 0.1) is 6.92 Å². The van der Waals surface area contributed by atoms with Crippen LogP contribution in [0.25, 0.3) is 11.7 Å². The van der Waals surface area contributed by atoms with Crippen LogP contribution in [-0.4, -0.2) is 18.6 Å². The fourth-order valence-corrected chi connectivity index (χ4v) is 3.31. The van der Waals surface area contributed by atoms with Crippen LogP contribution in [0.3, 0.4) is 0 Å². The van der Waals surface area contributed by atoms with Crippen LogP contribution >= 0.6 is 0 Å². The van der Waals surface area contributed by atoms with Gasteiger partial charge in [0.05, 0.1) is 0 Å². The van der Waals surface area contributed by atoms with Crippen LogP contribution in [0.4, 0.5) is 5.69 Å². The van der Waals surface area contributed by atoms with Gasteiger partial charge in [-0.3, -0.25) is 4.72 Å². The predicted octanol–water partition coefficient (Wildman–Crippen LogP) is 3.32. The minimum Gasteiger partial charge on any atom is -0.438 e. The van der Waals surface area contributed by atoms with Gasteiger partial charge in [-0.15, -0.1) is 10.2 Å². The molecule has 0 atom stereocenters. The van der Waals surface area contributed by atoms with Crippen LogP contribution in [0.15, 0.2) is 50.3 Å². The van der Waals surface area contributed by atoms with E-state index in [0.29, 0.717) is 17.5 Å². The molecule has 0 aliphatic heterocycles. The van der Waals surface area contributed by atoms with E-state index < -0.39 is 10.0 Å². The third-order valence-electron chi connectivity index (χ3n) is 3.69. The second kappa shape index (κ2) is 5.48. The summed E-state index contributed by atoms with van der Waals surface area (Å²) in [5.41, 5.74) is 1.43. The number of nitrogens with one attached hydrogen (secondary N) is 1. The number of hydrogen-bond acceptors (Lipinski definition) is 6. The van der Waals surface area contributed by atoms with Gasteiger partial charge in [0.15, 0.2) is 5.76 Å². The average molecular weight is 345 g/mol. The summed E-state index contributed by atoms with van der Waals surface area (Å²) in [7, 11) is -3.82. The Kier molecular flexibility index (Phi) is 3.42. The minimum absolute atomic E-state index is 0.189. The largest absolute Gasteiger partial charge is 0.438 e. The van der Waals surface area contributed by atoms with Crippen molar-refractivity contribution in [2.45, 2.75) is 30.8 Å². The summed E-state index contributed by atoms with van der Waals surface area (Å²) in [6.07, 6.45) is 2.08. The number of sulfonamides is 1. The van der Waals surface area contributed by atoms with Crippen molar-refractivity contribution in [2.24, 2.45) is 0 Å². The number of aromatic nitrogens is 2. The Balaban J connectivity index is 1.58. The molecular weight excluding hydrogens is 330 g/mol. The Morgan fingerprint density at radius 2 is 1.96 bits per heavy atom. The Hall–Kier alpha value is -2.61. The first-order chi connectivity index (χ1) is 11.5. The lowest BCUT2D eigenvalue weighted by molar-refractivity contribution is 0.435. The SMILES string of the molecule is Cc1cccc(NS(=O)(=O)c2ccc(-c3nnc(C4CC4)o3)o2)c1. The zero-order valence-electron chi connectivity index (χ0n) is 12.9. The Bertz CT molecular complexity index is 986. The molecule has 0 amide bonds. The molecule has 7 nitrogen and oxygen atoms in total. The Labute approximate surface area is 138 Å². The molecule has 0 unspecified atom stereocenters. The maximum Gasteiger partial charge on any atom is 0.295 e. The van der Waals surface area contributed by atoms with Crippen LogP contribution < -0.4 is 4.72 Å². The molecular formula is C16H15N3O4S. The van der Waals surface area contributed by atoms with E-state index in [4.69, 9.17) is 8.83 Å². The summed E-state index contributed by atoms with van der Waals surface area (Å²) in [5.74, 6) is 1.32. The molecule has 1 aliphatic rings. The highest BCUT2D eigenvalue weighted by molar-refractivity contribution is 7.92. The van der Waals surface area contributed by atoms with Crippen molar-refractivity contribution in [3.05, 3.63) is 47.9 Å². The number of hydrogen-bond donors (Lipinski definition) is 1. The highest BCUT2D eigenvalue weighted by atomic mass is 32.2. The molecule has 1 aliphatic carbocycles. The van der Waals surface area contributed by atoms with E-state index in [1.807, 2.05) is 13.0 Å².